The van der Waals surface area contributed by atoms with E-state index in [0.29, 0.717) is 12.1 Å². The van der Waals surface area contributed by atoms with E-state index in [1.165, 1.54) is 19.1 Å². The second-order valence-electron chi connectivity index (χ2n) is 4.45. The Bertz CT molecular complexity index is 581. The molecule has 0 unspecified atom stereocenters. The summed E-state index contributed by atoms with van der Waals surface area (Å²) in [7, 11) is 1.88. The fraction of sp³-hybridized carbons (Fsp3) is 0.200. The largest absolute Gasteiger partial charge is 0.355 e. The lowest BCUT2D eigenvalue weighted by Gasteiger charge is -2.18. The lowest BCUT2D eigenvalue weighted by molar-refractivity contribution is 0.101. The zero-order valence-corrected chi connectivity index (χ0v) is 10.9. The highest BCUT2D eigenvalue weighted by molar-refractivity contribution is 5.93. The Labute approximate surface area is 111 Å². The summed E-state index contributed by atoms with van der Waals surface area (Å²) in [6.45, 7) is 2.07. The van der Waals surface area contributed by atoms with Crippen LogP contribution in [0.25, 0.3) is 0 Å². The van der Waals surface area contributed by atoms with Gasteiger partial charge in [0.15, 0.2) is 5.78 Å². The van der Waals surface area contributed by atoms with Crippen LogP contribution in [0.4, 0.5) is 10.2 Å². The van der Waals surface area contributed by atoms with E-state index in [4.69, 9.17) is 0 Å². The first-order valence-corrected chi connectivity index (χ1v) is 5.99. The predicted octanol–water partition coefficient (Wildman–Crippen LogP) is 3.06. The monoisotopic (exact) mass is 258 g/mol. The summed E-state index contributed by atoms with van der Waals surface area (Å²) in [6, 6.07) is 10.0. The van der Waals surface area contributed by atoms with Gasteiger partial charge in [-0.25, -0.2) is 9.37 Å². The smallest absolute Gasteiger partial charge is 0.161 e. The molecule has 0 spiro atoms. The summed E-state index contributed by atoms with van der Waals surface area (Å²) in [6.07, 6.45) is 1.56. The van der Waals surface area contributed by atoms with Crippen LogP contribution in [-0.2, 0) is 6.54 Å². The third-order valence-corrected chi connectivity index (χ3v) is 2.85. The highest BCUT2D eigenvalue weighted by Crippen LogP contribution is 2.14. The van der Waals surface area contributed by atoms with Crippen LogP contribution in [0.15, 0.2) is 42.6 Å². The van der Waals surface area contributed by atoms with E-state index in [9.17, 15) is 9.18 Å². The molecule has 0 radical (unpaired) electrons. The van der Waals surface area contributed by atoms with Crippen molar-refractivity contribution in [1.29, 1.82) is 0 Å². The molecular weight excluding hydrogens is 243 g/mol. The van der Waals surface area contributed by atoms with Crippen LogP contribution >= 0.6 is 0 Å². The van der Waals surface area contributed by atoms with Crippen LogP contribution in [0.5, 0.6) is 0 Å². The molecule has 0 N–H and O–H groups in total. The molecule has 4 heteroatoms. The lowest BCUT2D eigenvalue weighted by Crippen LogP contribution is -2.17. The minimum Gasteiger partial charge on any atom is -0.355 e. The fourth-order valence-electron chi connectivity index (χ4n) is 1.81. The summed E-state index contributed by atoms with van der Waals surface area (Å²) in [4.78, 5) is 17.3. The Morgan fingerprint density at radius 1 is 1.32 bits per heavy atom. The second-order valence-corrected chi connectivity index (χ2v) is 4.45. The summed E-state index contributed by atoms with van der Waals surface area (Å²) >= 11 is 0. The summed E-state index contributed by atoms with van der Waals surface area (Å²) in [5.41, 5.74) is 1.46. The molecule has 1 heterocycles. The standard InChI is InChI=1S/C15H15FN2O/c1-11(19)13-6-7-15(17-9-13)18(2)10-12-4-3-5-14(16)8-12/h3-9H,10H2,1-2H3. The third kappa shape index (κ3) is 3.37. The maximum atomic E-state index is 13.1. The van der Waals surface area contributed by atoms with Crippen LogP contribution in [0.2, 0.25) is 0 Å². The van der Waals surface area contributed by atoms with E-state index in [2.05, 4.69) is 4.98 Å². The number of hydrogen-bond acceptors (Lipinski definition) is 3. The minimum atomic E-state index is -0.245. The van der Waals surface area contributed by atoms with Crippen molar-refractivity contribution in [3.63, 3.8) is 0 Å². The van der Waals surface area contributed by atoms with Crippen molar-refractivity contribution in [2.75, 3.05) is 11.9 Å². The number of halogens is 1. The van der Waals surface area contributed by atoms with E-state index in [1.807, 2.05) is 18.0 Å². The minimum absolute atomic E-state index is 0.00756. The number of hydrogen-bond donors (Lipinski definition) is 0. The fourth-order valence-corrected chi connectivity index (χ4v) is 1.81. The molecular formula is C15H15FN2O. The van der Waals surface area contributed by atoms with Gasteiger partial charge in [-0.1, -0.05) is 12.1 Å². The van der Waals surface area contributed by atoms with Gasteiger partial charge in [0.2, 0.25) is 0 Å². The number of aromatic nitrogens is 1. The topological polar surface area (TPSA) is 33.2 Å². The average molecular weight is 258 g/mol. The van der Waals surface area contributed by atoms with E-state index >= 15 is 0 Å². The molecule has 19 heavy (non-hydrogen) atoms. The predicted molar refractivity (Wildman–Crippen MR) is 72.7 cm³/mol. The van der Waals surface area contributed by atoms with Gasteiger partial charge in [0.1, 0.15) is 11.6 Å². The number of carbonyl (C=O) groups is 1. The number of ketones is 1. The number of pyridine rings is 1. The van der Waals surface area contributed by atoms with Crippen molar-refractivity contribution in [2.45, 2.75) is 13.5 Å². The van der Waals surface area contributed by atoms with Crippen molar-refractivity contribution < 1.29 is 9.18 Å². The van der Waals surface area contributed by atoms with Crippen LogP contribution in [0.3, 0.4) is 0 Å². The molecule has 0 saturated carbocycles. The molecule has 0 atom stereocenters. The van der Waals surface area contributed by atoms with E-state index < -0.39 is 0 Å². The molecule has 0 amide bonds. The van der Waals surface area contributed by atoms with Crippen molar-refractivity contribution in [3.8, 4) is 0 Å². The van der Waals surface area contributed by atoms with Gasteiger partial charge in [0.25, 0.3) is 0 Å². The van der Waals surface area contributed by atoms with Gasteiger partial charge in [0, 0.05) is 25.4 Å². The van der Waals surface area contributed by atoms with Crippen molar-refractivity contribution >= 4 is 11.6 Å². The molecule has 1 aromatic carbocycles. The zero-order chi connectivity index (χ0) is 13.8. The molecule has 0 aliphatic carbocycles. The van der Waals surface area contributed by atoms with Crippen LogP contribution < -0.4 is 4.90 Å². The Morgan fingerprint density at radius 3 is 2.68 bits per heavy atom. The van der Waals surface area contributed by atoms with Crippen LogP contribution in [-0.4, -0.2) is 17.8 Å². The zero-order valence-electron chi connectivity index (χ0n) is 10.9. The number of rotatable bonds is 4. The Kier molecular flexibility index (Phi) is 3.90. The number of benzene rings is 1. The molecule has 0 aliphatic rings. The highest BCUT2D eigenvalue weighted by Gasteiger charge is 2.06. The van der Waals surface area contributed by atoms with Gasteiger partial charge in [-0.05, 0) is 36.8 Å². The van der Waals surface area contributed by atoms with Gasteiger partial charge in [-0.15, -0.1) is 0 Å². The first-order valence-electron chi connectivity index (χ1n) is 5.99. The molecule has 3 nitrogen and oxygen atoms in total. The maximum absolute atomic E-state index is 13.1. The van der Waals surface area contributed by atoms with E-state index in [0.717, 1.165) is 11.4 Å². The van der Waals surface area contributed by atoms with Crippen molar-refractivity contribution in [1.82, 2.24) is 4.98 Å². The number of anilines is 1. The first kappa shape index (κ1) is 13.2. The van der Waals surface area contributed by atoms with Crippen molar-refractivity contribution in [2.24, 2.45) is 0 Å². The quantitative estimate of drug-likeness (QED) is 0.790. The summed E-state index contributed by atoms with van der Waals surface area (Å²) in [5, 5.41) is 0. The van der Waals surface area contributed by atoms with Crippen LogP contribution in [0, 0.1) is 5.82 Å². The maximum Gasteiger partial charge on any atom is 0.161 e. The molecule has 0 aliphatic heterocycles. The Balaban J connectivity index is 2.11. The molecule has 0 fully saturated rings. The van der Waals surface area contributed by atoms with Gasteiger partial charge in [-0.3, -0.25) is 4.79 Å². The van der Waals surface area contributed by atoms with Crippen LogP contribution in [0.1, 0.15) is 22.8 Å². The van der Waals surface area contributed by atoms with Gasteiger partial charge in [-0.2, -0.15) is 0 Å². The number of carbonyl (C=O) groups excluding carboxylic acids is 1. The SMILES string of the molecule is CC(=O)c1ccc(N(C)Cc2cccc(F)c2)nc1. The molecule has 98 valence electrons. The summed E-state index contributed by atoms with van der Waals surface area (Å²) < 4.78 is 13.1. The molecule has 1 aromatic heterocycles. The molecule has 2 rings (SSSR count). The van der Waals surface area contributed by atoms with Gasteiger partial charge >= 0.3 is 0 Å². The number of Topliss-reactive ketones (excluding diaryl/α,β-unsaturated/α-hetero) is 1. The molecule has 0 bridgehead atoms. The second kappa shape index (κ2) is 5.61. The normalized spacial score (nSPS) is 10.3. The highest BCUT2D eigenvalue weighted by atomic mass is 19.1. The Hall–Kier alpha value is -2.23. The summed E-state index contributed by atoms with van der Waals surface area (Å²) in [5.74, 6) is 0.492. The third-order valence-electron chi connectivity index (χ3n) is 2.85. The van der Waals surface area contributed by atoms with Gasteiger partial charge < -0.3 is 4.90 Å². The number of nitrogens with zero attached hydrogens (tertiary/aromatic N) is 2. The average Bonchev–Trinajstić information content (AvgIpc) is 2.39. The van der Waals surface area contributed by atoms with E-state index in [1.54, 1.807) is 24.4 Å². The first-order chi connectivity index (χ1) is 9.06. The molecule has 0 saturated heterocycles. The van der Waals surface area contributed by atoms with Crippen molar-refractivity contribution in [3.05, 3.63) is 59.5 Å². The molecule has 2 aromatic rings. The van der Waals surface area contributed by atoms with E-state index in [-0.39, 0.29) is 11.6 Å². The lowest BCUT2D eigenvalue weighted by atomic mass is 10.2. The van der Waals surface area contributed by atoms with Gasteiger partial charge in [0.05, 0.1) is 0 Å². The Morgan fingerprint density at radius 2 is 2.11 bits per heavy atom.